The predicted molar refractivity (Wildman–Crippen MR) is 68.4 cm³/mol. The van der Waals surface area contributed by atoms with Gasteiger partial charge in [0, 0.05) is 31.7 Å². The lowest BCUT2D eigenvalue weighted by atomic mass is 10.1. The van der Waals surface area contributed by atoms with E-state index in [4.69, 9.17) is 0 Å². The molecule has 1 N–H and O–H groups in total. The van der Waals surface area contributed by atoms with E-state index in [1.165, 1.54) is 0 Å². The molecule has 0 amide bonds. The van der Waals surface area contributed by atoms with Crippen molar-refractivity contribution in [2.24, 2.45) is 0 Å². The van der Waals surface area contributed by atoms with Crippen LogP contribution in [0.5, 0.6) is 0 Å². The fourth-order valence-corrected chi connectivity index (χ4v) is 1.89. The summed E-state index contributed by atoms with van der Waals surface area (Å²) in [6.45, 7) is 4.92. The molecule has 0 aliphatic carbocycles. The number of rotatable bonds is 4. The van der Waals surface area contributed by atoms with Crippen LogP contribution in [0.4, 0.5) is 4.39 Å². The van der Waals surface area contributed by atoms with E-state index in [0.717, 1.165) is 11.3 Å². The van der Waals surface area contributed by atoms with Gasteiger partial charge >= 0.3 is 0 Å². The average Bonchev–Trinajstić information content (AvgIpc) is 2.37. The fourth-order valence-electron chi connectivity index (χ4n) is 1.89. The predicted octanol–water partition coefficient (Wildman–Crippen LogP) is 2.52. The first-order chi connectivity index (χ1) is 8.66. The Morgan fingerprint density at radius 3 is 2.44 bits per heavy atom. The Labute approximate surface area is 106 Å². The second kappa shape index (κ2) is 5.69. The Bertz CT molecular complexity index is 503. The minimum atomic E-state index is -0.118. The third kappa shape index (κ3) is 3.11. The Hall–Kier alpha value is -1.81. The van der Waals surface area contributed by atoms with Crippen LogP contribution in [0, 0.1) is 19.7 Å². The first-order valence-electron chi connectivity index (χ1n) is 5.88. The molecule has 0 aliphatic rings. The molecule has 2 aromatic rings. The molecule has 1 aromatic heterocycles. The summed E-state index contributed by atoms with van der Waals surface area (Å²) in [7, 11) is 0. The number of nitrogens with one attached hydrogen (secondary N) is 1. The van der Waals surface area contributed by atoms with Gasteiger partial charge in [0.05, 0.1) is 5.69 Å². The van der Waals surface area contributed by atoms with Gasteiger partial charge in [0.2, 0.25) is 0 Å². The number of nitrogens with zero attached hydrogens (tertiary/aromatic N) is 2. The first kappa shape index (κ1) is 12.6. The van der Waals surface area contributed by atoms with E-state index in [9.17, 15) is 4.39 Å². The molecule has 0 saturated carbocycles. The number of halogens is 1. The van der Waals surface area contributed by atoms with E-state index < -0.39 is 0 Å². The normalized spacial score (nSPS) is 10.6. The van der Waals surface area contributed by atoms with Crippen LogP contribution in [0.2, 0.25) is 0 Å². The summed E-state index contributed by atoms with van der Waals surface area (Å²) in [4.78, 5) is 8.17. The summed E-state index contributed by atoms with van der Waals surface area (Å²) in [5.74, 6) is -0.118. The molecule has 3 nitrogen and oxygen atoms in total. The largest absolute Gasteiger partial charge is 0.307 e. The van der Waals surface area contributed by atoms with Gasteiger partial charge in [-0.3, -0.25) is 9.97 Å². The zero-order valence-corrected chi connectivity index (χ0v) is 10.6. The highest BCUT2D eigenvalue weighted by atomic mass is 19.1. The molecule has 1 aromatic carbocycles. The fraction of sp³-hybridized carbons (Fsp3) is 0.286. The lowest BCUT2D eigenvalue weighted by Gasteiger charge is -2.08. The summed E-state index contributed by atoms with van der Waals surface area (Å²) in [5, 5.41) is 3.27. The Kier molecular flexibility index (Phi) is 3.99. The highest BCUT2D eigenvalue weighted by molar-refractivity contribution is 5.30. The summed E-state index contributed by atoms with van der Waals surface area (Å²) < 4.78 is 13.5. The van der Waals surface area contributed by atoms with Gasteiger partial charge in [0.15, 0.2) is 0 Å². The van der Waals surface area contributed by atoms with Gasteiger partial charge in [-0.25, -0.2) is 4.39 Å². The van der Waals surface area contributed by atoms with Crippen molar-refractivity contribution in [3.63, 3.8) is 0 Å². The maximum Gasteiger partial charge on any atom is 0.129 e. The van der Waals surface area contributed by atoms with E-state index in [0.29, 0.717) is 24.2 Å². The third-order valence-electron chi connectivity index (χ3n) is 2.75. The van der Waals surface area contributed by atoms with E-state index in [1.807, 2.05) is 12.1 Å². The Balaban J connectivity index is 1.95. The van der Waals surface area contributed by atoms with Crippen molar-refractivity contribution < 1.29 is 4.39 Å². The number of benzene rings is 1. The monoisotopic (exact) mass is 245 g/mol. The number of hydrogen-bond acceptors (Lipinski definition) is 3. The van der Waals surface area contributed by atoms with Crippen molar-refractivity contribution in [3.05, 3.63) is 58.9 Å². The van der Waals surface area contributed by atoms with Crippen LogP contribution in [0.25, 0.3) is 0 Å². The summed E-state index contributed by atoms with van der Waals surface area (Å²) >= 11 is 0. The maximum absolute atomic E-state index is 13.5. The SMILES string of the molecule is Cc1cc(CNCc2cnccn2)cc(C)c1F. The van der Waals surface area contributed by atoms with Crippen molar-refractivity contribution in [1.82, 2.24) is 15.3 Å². The average molecular weight is 245 g/mol. The lowest BCUT2D eigenvalue weighted by molar-refractivity contribution is 0.605. The van der Waals surface area contributed by atoms with Crippen molar-refractivity contribution in [1.29, 1.82) is 0 Å². The Morgan fingerprint density at radius 1 is 1.11 bits per heavy atom. The van der Waals surface area contributed by atoms with E-state index in [2.05, 4.69) is 15.3 Å². The molecule has 0 saturated heterocycles. The molecule has 0 radical (unpaired) electrons. The van der Waals surface area contributed by atoms with Gasteiger partial charge in [0.25, 0.3) is 0 Å². The van der Waals surface area contributed by atoms with Crippen LogP contribution >= 0.6 is 0 Å². The summed E-state index contributed by atoms with van der Waals surface area (Å²) in [5.41, 5.74) is 3.35. The second-order valence-corrected chi connectivity index (χ2v) is 4.34. The number of hydrogen-bond donors (Lipinski definition) is 1. The quantitative estimate of drug-likeness (QED) is 0.899. The van der Waals surface area contributed by atoms with Crippen LogP contribution in [0.3, 0.4) is 0 Å². The van der Waals surface area contributed by atoms with Crippen LogP contribution in [0.1, 0.15) is 22.4 Å². The highest BCUT2D eigenvalue weighted by Gasteiger charge is 2.04. The smallest absolute Gasteiger partial charge is 0.129 e. The van der Waals surface area contributed by atoms with Gasteiger partial charge in [0.1, 0.15) is 5.82 Å². The van der Waals surface area contributed by atoms with E-state index >= 15 is 0 Å². The summed E-state index contributed by atoms with van der Waals surface area (Å²) in [6, 6.07) is 3.73. The van der Waals surface area contributed by atoms with Gasteiger partial charge in [-0.15, -0.1) is 0 Å². The van der Waals surface area contributed by atoms with Crippen LogP contribution in [-0.4, -0.2) is 9.97 Å². The van der Waals surface area contributed by atoms with Crippen LogP contribution in [-0.2, 0) is 13.1 Å². The molecule has 4 heteroatoms. The molecule has 0 atom stereocenters. The van der Waals surface area contributed by atoms with Gasteiger partial charge in [-0.2, -0.15) is 0 Å². The van der Waals surface area contributed by atoms with Crippen molar-refractivity contribution in [2.75, 3.05) is 0 Å². The number of aromatic nitrogens is 2. The molecule has 1 heterocycles. The molecule has 18 heavy (non-hydrogen) atoms. The first-order valence-corrected chi connectivity index (χ1v) is 5.88. The standard InChI is InChI=1S/C14H16FN3/c1-10-5-12(6-11(2)14(10)15)7-17-9-13-8-16-3-4-18-13/h3-6,8,17H,7,9H2,1-2H3. The van der Waals surface area contributed by atoms with Crippen molar-refractivity contribution in [2.45, 2.75) is 26.9 Å². The second-order valence-electron chi connectivity index (χ2n) is 4.34. The Morgan fingerprint density at radius 2 is 1.83 bits per heavy atom. The molecule has 2 rings (SSSR count). The molecular weight excluding hydrogens is 229 g/mol. The zero-order chi connectivity index (χ0) is 13.0. The van der Waals surface area contributed by atoms with E-state index in [1.54, 1.807) is 32.4 Å². The molecule has 0 bridgehead atoms. The lowest BCUT2D eigenvalue weighted by Crippen LogP contribution is -2.14. The molecule has 0 fully saturated rings. The highest BCUT2D eigenvalue weighted by Crippen LogP contribution is 2.14. The van der Waals surface area contributed by atoms with Gasteiger partial charge in [-0.05, 0) is 30.5 Å². The third-order valence-corrected chi connectivity index (χ3v) is 2.75. The minimum absolute atomic E-state index is 0.118. The molecular formula is C14H16FN3. The van der Waals surface area contributed by atoms with E-state index in [-0.39, 0.29) is 5.82 Å². The minimum Gasteiger partial charge on any atom is -0.307 e. The van der Waals surface area contributed by atoms with Gasteiger partial charge in [-0.1, -0.05) is 12.1 Å². The molecule has 0 spiro atoms. The van der Waals surface area contributed by atoms with Gasteiger partial charge < -0.3 is 5.32 Å². The molecule has 94 valence electrons. The summed E-state index contributed by atoms with van der Waals surface area (Å²) in [6.07, 6.45) is 5.05. The molecule has 0 aliphatic heterocycles. The van der Waals surface area contributed by atoms with Crippen LogP contribution < -0.4 is 5.32 Å². The number of aryl methyl sites for hydroxylation is 2. The van der Waals surface area contributed by atoms with Crippen molar-refractivity contribution in [3.8, 4) is 0 Å². The van der Waals surface area contributed by atoms with Crippen LogP contribution in [0.15, 0.2) is 30.7 Å². The molecule has 0 unspecified atom stereocenters. The topological polar surface area (TPSA) is 37.8 Å². The zero-order valence-electron chi connectivity index (χ0n) is 10.6. The van der Waals surface area contributed by atoms with Crippen molar-refractivity contribution >= 4 is 0 Å². The maximum atomic E-state index is 13.5.